The van der Waals surface area contributed by atoms with Gasteiger partial charge in [0.25, 0.3) is 0 Å². The highest BCUT2D eigenvalue weighted by atomic mass is 19.1. The number of hydrogen-bond donors (Lipinski definition) is 1. The zero-order chi connectivity index (χ0) is 15.0. The first-order chi connectivity index (χ1) is 10.1. The van der Waals surface area contributed by atoms with Crippen LogP contribution in [0.4, 0.5) is 4.39 Å². The van der Waals surface area contributed by atoms with Crippen LogP contribution in [-0.2, 0) is 0 Å². The third-order valence-electron chi connectivity index (χ3n) is 3.46. The van der Waals surface area contributed by atoms with Gasteiger partial charge in [0.15, 0.2) is 17.3 Å². The summed E-state index contributed by atoms with van der Waals surface area (Å²) >= 11 is 0. The second-order valence-corrected chi connectivity index (χ2v) is 5.16. The first-order valence-corrected chi connectivity index (χ1v) is 6.72. The lowest BCUT2D eigenvalue weighted by Crippen LogP contribution is -2.03. The molecule has 1 saturated carbocycles. The van der Waals surface area contributed by atoms with Crippen molar-refractivity contribution in [2.45, 2.75) is 25.7 Å². The van der Waals surface area contributed by atoms with Crippen LogP contribution >= 0.6 is 0 Å². The Kier molecular flexibility index (Phi) is 3.33. The summed E-state index contributed by atoms with van der Waals surface area (Å²) in [5.41, 5.74) is 1.16. The normalized spacial score (nSPS) is 14.0. The molecule has 1 heterocycles. The molecule has 1 aliphatic carbocycles. The van der Waals surface area contributed by atoms with Crippen LogP contribution < -0.4 is 4.74 Å². The van der Waals surface area contributed by atoms with E-state index in [-0.39, 0.29) is 23.0 Å². The Morgan fingerprint density at radius 1 is 1.38 bits per heavy atom. The van der Waals surface area contributed by atoms with E-state index in [0.29, 0.717) is 11.3 Å². The maximum atomic E-state index is 14.4. The van der Waals surface area contributed by atoms with Crippen molar-refractivity contribution in [3.05, 3.63) is 53.1 Å². The number of aromatic carboxylic acids is 1. The first kappa shape index (κ1) is 13.5. The second-order valence-electron chi connectivity index (χ2n) is 5.16. The molecular weight excluding hydrogens is 273 g/mol. The minimum atomic E-state index is -1.13. The number of ether oxygens (including phenoxy) is 1. The predicted octanol–water partition coefficient (Wildman–Crippen LogP) is 3.90. The SMILES string of the molecule is Cc1cc(C(=O)O)c(Oc2cccc(C3CC3)c2F)cn1. The minimum absolute atomic E-state index is 0.0290. The largest absolute Gasteiger partial charge is 0.478 e. The Labute approximate surface area is 121 Å². The van der Waals surface area contributed by atoms with Crippen LogP contribution in [0, 0.1) is 12.7 Å². The quantitative estimate of drug-likeness (QED) is 0.926. The average Bonchev–Trinajstić information content (AvgIpc) is 3.27. The van der Waals surface area contributed by atoms with Crippen LogP contribution in [0.25, 0.3) is 0 Å². The molecule has 2 aromatic rings. The number of nitrogens with zero attached hydrogens (tertiary/aromatic N) is 1. The summed E-state index contributed by atoms with van der Waals surface area (Å²) in [4.78, 5) is 15.2. The number of rotatable bonds is 4. The van der Waals surface area contributed by atoms with Gasteiger partial charge in [-0.25, -0.2) is 9.18 Å². The van der Waals surface area contributed by atoms with E-state index in [9.17, 15) is 14.3 Å². The summed E-state index contributed by atoms with van der Waals surface area (Å²) in [5, 5.41) is 9.19. The van der Waals surface area contributed by atoms with Gasteiger partial charge in [0.2, 0.25) is 0 Å². The van der Waals surface area contributed by atoms with E-state index in [1.165, 1.54) is 18.3 Å². The maximum absolute atomic E-state index is 14.4. The zero-order valence-electron chi connectivity index (χ0n) is 11.5. The van der Waals surface area contributed by atoms with Crippen molar-refractivity contribution in [3.8, 4) is 11.5 Å². The van der Waals surface area contributed by atoms with Crippen molar-refractivity contribution in [3.63, 3.8) is 0 Å². The van der Waals surface area contributed by atoms with Crippen molar-refractivity contribution in [1.29, 1.82) is 0 Å². The second kappa shape index (κ2) is 5.16. The Hall–Kier alpha value is -2.43. The lowest BCUT2D eigenvalue weighted by Gasteiger charge is -2.11. The lowest BCUT2D eigenvalue weighted by molar-refractivity contribution is 0.0693. The molecule has 21 heavy (non-hydrogen) atoms. The molecule has 0 atom stereocenters. The number of aryl methyl sites for hydroxylation is 1. The number of carbonyl (C=O) groups is 1. The molecule has 0 spiro atoms. The van der Waals surface area contributed by atoms with Gasteiger partial charge in [-0.3, -0.25) is 4.98 Å². The fraction of sp³-hybridized carbons (Fsp3) is 0.250. The molecule has 1 aromatic heterocycles. The van der Waals surface area contributed by atoms with Crippen LogP contribution in [-0.4, -0.2) is 16.1 Å². The number of carboxylic acids is 1. The third kappa shape index (κ3) is 2.72. The predicted molar refractivity (Wildman–Crippen MR) is 74.4 cm³/mol. The van der Waals surface area contributed by atoms with E-state index in [0.717, 1.165) is 12.8 Å². The number of pyridine rings is 1. The Morgan fingerprint density at radius 3 is 2.81 bits per heavy atom. The number of hydrogen-bond acceptors (Lipinski definition) is 3. The summed E-state index contributed by atoms with van der Waals surface area (Å²) in [6.45, 7) is 1.69. The number of carboxylic acid groups (broad SMARTS) is 1. The summed E-state index contributed by atoms with van der Waals surface area (Å²) < 4.78 is 19.8. The van der Waals surface area contributed by atoms with Crippen LogP contribution in [0.2, 0.25) is 0 Å². The topological polar surface area (TPSA) is 59.4 Å². The van der Waals surface area contributed by atoms with Gasteiger partial charge < -0.3 is 9.84 Å². The van der Waals surface area contributed by atoms with Crippen LogP contribution in [0.3, 0.4) is 0 Å². The molecule has 4 nitrogen and oxygen atoms in total. The van der Waals surface area contributed by atoms with Gasteiger partial charge in [0.05, 0.1) is 6.20 Å². The first-order valence-electron chi connectivity index (χ1n) is 6.72. The van der Waals surface area contributed by atoms with Crippen molar-refractivity contribution in [2.24, 2.45) is 0 Å². The highest BCUT2D eigenvalue weighted by Crippen LogP contribution is 2.43. The summed E-state index contributed by atoms with van der Waals surface area (Å²) in [7, 11) is 0. The smallest absolute Gasteiger partial charge is 0.339 e. The Balaban J connectivity index is 1.97. The van der Waals surface area contributed by atoms with Crippen molar-refractivity contribution in [1.82, 2.24) is 4.98 Å². The van der Waals surface area contributed by atoms with E-state index < -0.39 is 11.8 Å². The van der Waals surface area contributed by atoms with Crippen LogP contribution in [0.5, 0.6) is 11.5 Å². The van der Waals surface area contributed by atoms with Crippen LogP contribution in [0.1, 0.15) is 40.4 Å². The molecule has 0 unspecified atom stereocenters. The van der Waals surface area contributed by atoms with Crippen LogP contribution in [0.15, 0.2) is 30.5 Å². The van der Waals surface area contributed by atoms with Gasteiger partial charge in [-0.2, -0.15) is 0 Å². The van der Waals surface area contributed by atoms with Gasteiger partial charge in [-0.1, -0.05) is 12.1 Å². The highest BCUT2D eigenvalue weighted by molar-refractivity contribution is 5.90. The fourth-order valence-corrected chi connectivity index (χ4v) is 2.23. The molecule has 0 bridgehead atoms. The number of halogens is 1. The van der Waals surface area contributed by atoms with Gasteiger partial charge in [-0.15, -0.1) is 0 Å². The fourth-order valence-electron chi connectivity index (χ4n) is 2.23. The molecule has 0 aliphatic heterocycles. The molecule has 0 saturated heterocycles. The number of benzene rings is 1. The zero-order valence-corrected chi connectivity index (χ0v) is 11.5. The Morgan fingerprint density at radius 2 is 2.14 bits per heavy atom. The lowest BCUT2D eigenvalue weighted by atomic mass is 10.1. The molecule has 3 rings (SSSR count). The molecular formula is C16H14FNO3. The van der Waals surface area contributed by atoms with E-state index in [1.54, 1.807) is 19.1 Å². The molecule has 108 valence electrons. The van der Waals surface area contributed by atoms with E-state index >= 15 is 0 Å². The Bertz CT molecular complexity index is 711. The summed E-state index contributed by atoms with van der Waals surface area (Å²) in [5.74, 6) is -1.22. The van der Waals surface area contributed by atoms with Gasteiger partial charge in [-0.05, 0) is 43.4 Å². The molecule has 1 aliphatic rings. The molecule has 0 radical (unpaired) electrons. The third-order valence-corrected chi connectivity index (χ3v) is 3.46. The maximum Gasteiger partial charge on any atom is 0.339 e. The van der Waals surface area contributed by atoms with Crippen molar-refractivity contribution in [2.75, 3.05) is 0 Å². The molecule has 1 N–H and O–H groups in total. The van der Waals surface area contributed by atoms with Gasteiger partial charge >= 0.3 is 5.97 Å². The monoisotopic (exact) mass is 287 g/mol. The van der Waals surface area contributed by atoms with Crippen molar-refractivity contribution >= 4 is 5.97 Å². The summed E-state index contributed by atoms with van der Waals surface area (Å²) in [6, 6.07) is 6.35. The van der Waals surface area contributed by atoms with Crippen molar-refractivity contribution < 1.29 is 19.0 Å². The highest BCUT2D eigenvalue weighted by Gasteiger charge is 2.28. The molecule has 1 fully saturated rings. The number of aromatic nitrogens is 1. The average molecular weight is 287 g/mol. The summed E-state index contributed by atoms with van der Waals surface area (Å²) in [6.07, 6.45) is 3.27. The van der Waals surface area contributed by atoms with E-state index in [1.807, 2.05) is 0 Å². The van der Waals surface area contributed by atoms with Gasteiger partial charge in [0, 0.05) is 5.69 Å². The molecule has 1 aromatic carbocycles. The molecule has 5 heteroatoms. The minimum Gasteiger partial charge on any atom is -0.478 e. The van der Waals surface area contributed by atoms with E-state index in [2.05, 4.69) is 4.98 Å². The molecule has 0 amide bonds. The van der Waals surface area contributed by atoms with E-state index in [4.69, 9.17) is 4.74 Å². The van der Waals surface area contributed by atoms with Gasteiger partial charge in [0.1, 0.15) is 5.56 Å². The standard InChI is InChI=1S/C16H14FNO3/c1-9-7-12(16(19)20)14(8-18-9)21-13-4-2-3-11(15(13)17)10-5-6-10/h2-4,7-8,10H,5-6H2,1H3,(H,19,20).